The Bertz CT molecular complexity index is 832. The summed E-state index contributed by atoms with van der Waals surface area (Å²) >= 11 is 0. The van der Waals surface area contributed by atoms with Gasteiger partial charge < -0.3 is 4.90 Å². The van der Waals surface area contributed by atoms with Crippen molar-refractivity contribution in [2.24, 2.45) is 0 Å². The summed E-state index contributed by atoms with van der Waals surface area (Å²) in [6, 6.07) is 4.06. The van der Waals surface area contributed by atoms with Crippen molar-refractivity contribution in [1.29, 1.82) is 0 Å². The molecule has 3 amide bonds. The number of carbonyl (C=O) groups excluding carboxylic acids is 3. The largest absolute Gasteiger partial charge is 0.322 e. The molecule has 1 unspecified atom stereocenters. The molecule has 0 saturated carbocycles. The van der Waals surface area contributed by atoms with E-state index in [9.17, 15) is 22.8 Å². The van der Waals surface area contributed by atoms with E-state index in [1.54, 1.807) is 18.2 Å². The maximum absolute atomic E-state index is 12.5. The Hall–Kier alpha value is -2.26. The SMILES string of the molecule is COS(=O)(=O)Cc1ccc2c(c1)CN(C1CCC(=O)NC1=O)C2=O. The third-order valence-corrected chi connectivity index (χ3v) is 5.38. The van der Waals surface area contributed by atoms with Gasteiger partial charge in [0.2, 0.25) is 11.8 Å². The van der Waals surface area contributed by atoms with Gasteiger partial charge in [-0.05, 0) is 23.6 Å². The van der Waals surface area contributed by atoms with Gasteiger partial charge in [-0.1, -0.05) is 12.1 Å². The predicted molar refractivity (Wildman–Crippen MR) is 82.1 cm³/mol. The van der Waals surface area contributed by atoms with Gasteiger partial charge in [-0.2, -0.15) is 8.42 Å². The van der Waals surface area contributed by atoms with Gasteiger partial charge in [-0.3, -0.25) is 23.9 Å². The predicted octanol–water partition coefficient (Wildman–Crippen LogP) is -0.0762. The summed E-state index contributed by atoms with van der Waals surface area (Å²) in [6.45, 7) is 0.210. The molecular weight excluding hydrogens is 336 g/mol. The van der Waals surface area contributed by atoms with Crippen LogP contribution in [0.5, 0.6) is 0 Å². The summed E-state index contributed by atoms with van der Waals surface area (Å²) in [6.07, 6.45) is 0.475. The van der Waals surface area contributed by atoms with E-state index in [1.165, 1.54) is 4.90 Å². The fourth-order valence-electron chi connectivity index (χ4n) is 2.98. The van der Waals surface area contributed by atoms with Gasteiger partial charge in [0.25, 0.3) is 16.0 Å². The summed E-state index contributed by atoms with van der Waals surface area (Å²) in [5, 5.41) is 2.24. The molecule has 2 aliphatic rings. The Morgan fingerprint density at radius 1 is 1.29 bits per heavy atom. The minimum atomic E-state index is -3.65. The number of piperidine rings is 1. The molecule has 0 spiro atoms. The standard InChI is InChI=1S/C15H16N2O6S/c1-23-24(21,22)8-9-2-3-11-10(6-9)7-17(15(11)20)12-4-5-13(18)16-14(12)19/h2-3,6,12H,4-5,7-8H2,1H3,(H,16,18,19). The Kier molecular flexibility index (Phi) is 4.14. The monoisotopic (exact) mass is 352 g/mol. The van der Waals surface area contributed by atoms with E-state index in [1.807, 2.05) is 0 Å². The highest BCUT2D eigenvalue weighted by atomic mass is 32.2. The number of rotatable bonds is 4. The zero-order valence-electron chi connectivity index (χ0n) is 12.9. The molecule has 1 aromatic rings. The Morgan fingerprint density at radius 3 is 2.71 bits per heavy atom. The van der Waals surface area contributed by atoms with Crippen LogP contribution in [0.25, 0.3) is 0 Å². The molecule has 8 nitrogen and oxygen atoms in total. The third-order valence-electron chi connectivity index (χ3n) is 4.19. The van der Waals surface area contributed by atoms with Gasteiger partial charge in [0.05, 0.1) is 7.11 Å². The lowest BCUT2D eigenvalue weighted by molar-refractivity contribution is -0.136. The number of nitrogens with zero attached hydrogens (tertiary/aromatic N) is 1. The summed E-state index contributed by atoms with van der Waals surface area (Å²) in [5.74, 6) is -1.40. The van der Waals surface area contributed by atoms with Crippen LogP contribution in [0.4, 0.5) is 0 Å². The molecule has 9 heteroatoms. The average Bonchev–Trinajstić information content (AvgIpc) is 2.83. The summed E-state index contributed by atoms with van der Waals surface area (Å²) in [7, 11) is -2.56. The van der Waals surface area contributed by atoms with Crippen LogP contribution in [0.1, 0.15) is 34.3 Å². The molecule has 0 radical (unpaired) electrons. The highest BCUT2D eigenvalue weighted by Gasteiger charge is 2.39. The van der Waals surface area contributed by atoms with Crippen molar-refractivity contribution in [2.45, 2.75) is 31.2 Å². The minimum absolute atomic E-state index is 0.188. The smallest absolute Gasteiger partial charge is 0.271 e. The first-order valence-corrected chi connectivity index (χ1v) is 8.93. The third kappa shape index (κ3) is 3.04. The van der Waals surface area contributed by atoms with E-state index in [2.05, 4.69) is 9.50 Å². The van der Waals surface area contributed by atoms with Crippen LogP contribution < -0.4 is 5.32 Å². The molecule has 2 heterocycles. The molecule has 2 aliphatic heterocycles. The Labute approximate surface area is 138 Å². The van der Waals surface area contributed by atoms with Crippen LogP contribution in [0.3, 0.4) is 0 Å². The zero-order valence-corrected chi connectivity index (χ0v) is 13.8. The van der Waals surface area contributed by atoms with Gasteiger partial charge in [0.1, 0.15) is 11.8 Å². The lowest BCUT2D eigenvalue weighted by atomic mass is 10.0. The van der Waals surface area contributed by atoms with Gasteiger partial charge >= 0.3 is 0 Å². The second-order valence-electron chi connectivity index (χ2n) is 5.76. The number of hydrogen-bond acceptors (Lipinski definition) is 6. The van der Waals surface area contributed by atoms with E-state index in [4.69, 9.17) is 0 Å². The highest BCUT2D eigenvalue weighted by molar-refractivity contribution is 7.85. The molecule has 24 heavy (non-hydrogen) atoms. The topological polar surface area (TPSA) is 110 Å². The Morgan fingerprint density at radius 2 is 2.04 bits per heavy atom. The van der Waals surface area contributed by atoms with Crippen molar-refractivity contribution in [1.82, 2.24) is 10.2 Å². The number of carbonyl (C=O) groups is 3. The molecule has 1 fully saturated rings. The lowest BCUT2D eigenvalue weighted by Crippen LogP contribution is -2.52. The van der Waals surface area contributed by atoms with Crippen molar-refractivity contribution in [3.05, 3.63) is 34.9 Å². The molecule has 3 rings (SSSR count). The number of nitrogens with one attached hydrogen (secondary N) is 1. The van der Waals surface area contributed by atoms with Crippen LogP contribution in [0.15, 0.2) is 18.2 Å². The molecular formula is C15H16N2O6S. The molecule has 128 valence electrons. The Balaban J connectivity index is 1.82. The van der Waals surface area contributed by atoms with Crippen molar-refractivity contribution < 1.29 is 27.0 Å². The second kappa shape index (κ2) is 5.99. The average molecular weight is 352 g/mol. The van der Waals surface area contributed by atoms with Gasteiger partial charge in [0, 0.05) is 18.5 Å². The van der Waals surface area contributed by atoms with Gasteiger partial charge in [-0.25, -0.2) is 0 Å². The van der Waals surface area contributed by atoms with Crippen LogP contribution in [-0.4, -0.2) is 44.2 Å². The normalized spacial score (nSPS) is 21.0. The van der Waals surface area contributed by atoms with E-state index in [0.717, 1.165) is 7.11 Å². The molecule has 0 bridgehead atoms. The first-order chi connectivity index (χ1) is 11.3. The van der Waals surface area contributed by atoms with Crippen molar-refractivity contribution >= 4 is 27.8 Å². The van der Waals surface area contributed by atoms with E-state index in [-0.39, 0.29) is 37.0 Å². The van der Waals surface area contributed by atoms with Crippen LogP contribution in [-0.2, 0) is 36.2 Å². The molecule has 1 aromatic carbocycles. The maximum atomic E-state index is 12.5. The van der Waals surface area contributed by atoms with E-state index < -0.39 is 22.1 Å². The van der Waals surface area contributed by atoms with E-state index in [0.29, 0.717) is 16.7 Å². The first kappa shape index (κ1) is 16.6. The van der Waals surface area contributed by atoms with Gasteiger partial charge in [0.15, 0.2) is 0 Å². The number of hydrogen-bond donors (Lipinski definition) is 1. The minimum Gasteiger partial charge on any atom is -0.322 e. The molecule has 1 atom stereocenters. The summed E-state index contributed by atoms with van der Waals surface area (Å²) < 4.78 is 27.5. The second-order valence-corrected chi connectivity index (χ2v) is 7.50. The fraction of sp³-hybridized carbons (Fsp3) is 0.400. The quantitative estimate of drug-likeness (QED) is 0.600. The fourth-order valence-corrected chi connectivity index (χ4v) is 3.69. The van der Waals surface area contributed by atoms with Crippen molar-refractivity contribution in [3.63, 3.8) is 0 Å². The first-order valence-electron chi connectivity index (χ1n) is 7.35. The maximum Gasteiger partial charge on any atom is 0.271 e. The highest BCUT2D eigenvalue weighted by Crippen LogP contribution is 2.28. The van der Waals surface area contributed by atoms with Gasteiger partial charge in [-0.15, -0.1) is 0 Å². The molecule has 1 N–H and O–H groups in total. The van der Waals surface area contributed by atoms with E-state index >= 15 is 0 Å². The van der Waals surface area contributed by atoms with Crippen LogP contribution >= 0.6 is 0 Å². The molecule has 0 aliphatic carbocycles. The molecule has 1 saturated heterocycles. The zero-order chi connectivity index (χ0) is 17.5. The number of benzene rings is 1. The molecule has 0 aromatic heterocycles. The van der Waals surface area contributed by atoms with Crippen LogP contribution in [0, 0.1) is 0 Å². The summed E-state index contributed by atoms with van der Waals surface area (Å²) in [5.41, 5.74) is 1.61. The number of fused-ring (bicyclic) bond motifs is 1. The number of amides is 3. The van der Waals surface area contributed by atoms with Crippen molar-refractivity contribution in [3.8, 4) is 0 Å². The lowest BCUT2D eigenvalue weighted by Gasteiger charge is -2.29. The van der Waals surface area contributed by atoms with Crippen LogP contribution in [0.2, 0.25) is 0 Å². The number of imide groups is 1. The van der Waals surface area contributed by atoms with Crippen molar-refractivity contribution in [2.75, 3.05) is 7.11 Å². The summed E-state index contributed by atoms with van der Waals surface area (Å²) in [4.78, 5) is 37.1.